The molecule has 0 amide bonds. The van der Waals surface area contributed by atoms with Gasteiger partial charge in [-0.1, -0.05) is 13.8 Å². The summed E-state index contributed by atoms with van der Waals surface area (Å²) in [6.45, 7) is 2.08. The van der Waals surface area contributed by atoms with E-state index in [1.807, 2.05) is 0 Å². The lowest BCUT2D eigenvalue weighted by Gasteiger charge is -2.15. The summed E-state index contributed by atoms with van der Waals surface area (Å²) in [5.74, 6) is -3.47. The van der Waals surface area contributed by atoms with Gasteiger partial charge in [0.05, 0.1) is 0 Å². The van der Waals surface area contributed by atoms with Gasteiger partial charge in [-0.05, 0) is 0 Å². The molecule has 0 unspecified atom stereocenters. The fourth-order valence-electron chi connectivity index (χ4n) is 1.05. The summed E-state index contributed by atoms with van der Waals surface area (Å²) in [7, 11) is 0. The van der Waals surface area contributed by atoms with Gasteiger partial charge < -0.3 is 4.74 Å². The molecule has 1 aromatic heterocycles. The van der Waals surface area contributed by atoms with Crippen LogP contribution >= 0.6 is 0 Å². The van der Waals surface area contributed by atoms with Gasteiger partial charge in [0.2, 0.25) is 0 Å². The molecule has 0 atom stereocenters. The predicted molar refractivity (Wildman–Crippen MR) is 55.0 cm³/mol. The predicted octanol–water partition coefficient (Wildman–Crippen LogP) is 2.28. The van der Waals surface area contributed by atoms with Gasteiger partial charge in [-0.25, -0.2) is 13.8 Å². The third kappa shape index (κ3) is 3.78. The number of ether oxygens (including phenoxy) is 1. The molecule has 0 aliphatic heterocycles. The first kappa shape index (κ1) is 14.6. The van der Waals surface area contributed by atoms with Crippen LogP contribution in [0.3, 0.4) is 0 Å². The highest BCUT2D eigenvalue weighted by Gasteiger charge is 2.42. The van der Waals surface area contributed by atoms with Crippen LogP contribution in [0.15, 0.2) is 0 Å². The Morgan fingerprint density at radius 1 is 1.06 bits per heavy atom. The van der Waals surface area contributed by atoms with Crippen LogP contribution in [0.25, 0.3) is 0 Å². The molecule has 18 heavy (non-hydrogen) atoms. The summed E-state index contributed by atoms with van der Waals surface area (Å²) in [6.07, 6.45) is -2.84. The van der Waals surface area contributed by atoms with E-state index in [1.165, 1.54) is 0 Å². The number of aromatic nitrogens is 3. The van der Waals surface area contributed by atoms with Crippen molar-refractivity contribution in [2.75, 3.05) is 6.61 Å². The molecule has 102 valence electrons. The molecule has 0 aliphatic carbocycles. The Kier molecular flexibility index (Phi) is 4.80. The van der Waals surface area contributed by atoms with Crippen molar-refractivity contribution in [2.24, 2.45) is 0 Å². The van der Waals surface area contributed by atoms with Gasteiger partial charge in [0.15, 0.2) is 6.61 Å². The van der Waals surface area contributed by atoms with Gasteiger partial charge in [0.25, 0.3) is 0 Å². The van der Waals surface area contributed by atoms with Gasteiger partial charge in [-0.15, -0.1) is 0 Å². The fourth-order valence-corrected chi connectivity index (χ4v) is 1.05. The van der Waals surface area contributed by atoms with Gasteiger partial charge in [0.1, 0.15) is 11.6 Å². The number of hydrogen-bond donors (Lipinski definition) is 0. The number of hydrogen-bond acceptors (Lipinski definition) is 4. The molecule has 0 bridgehead atoms. The Morgan fingerprint density at radius 2 is 1.56 bits per heavy atom. The van der Waals surface area contributed by atoms with E-state index in [0.29, 0.717) is 24.5 Å². The molecule has 0 radical (unpaired) electrons. The molecule has 8 heteroatoms. The highest BCUT2D eigenvalue weighted by Crippen LogP contribution is 2.23. The Labute approximate surface area is 101 Å². The monoisotopic (exact) mass is 267 g/mol. The second kappa shape index (κ2) is 5.92. The quantitative estimate of drug-likeness (QED) is 0.742. The fraction of sp³-hybridized carbons (Fsp3) is 0.700. The number of aryl methyl sites for hydroxylation is 2. The first-order chi connectivity index (χ1) is 8.39. The minimum absolute atomic E-state index is 0.348. The first-order valence-electron chi connectivity index (χ1n) is 5.41. The van der Waals surface area contributed by atoms with E-state index < -0.39 is 19.0 Å². The van der Waals surface area contributed by atoms with Gasteiger partial charge in [0, 0.05) is 12.8 Å². The standard InChI is InChI=1S/C10H13F4N3O/c1-3-6-15-7(4-2)17-9(16-6)18-5-10(13,14)8(11)12/h8H,3-5H2,1-2H3. The third-order valence-electron chi connectivity index (χ3n) is 2.05. The van der Waals surface area contributed by atoms with Crippen LogP contribution in [0.4, 0.5) is 17.6 Å². The van der Waals surface area contributed by atoms with Crippen molar-refractivity contribution in [1.29, 1.82) is 0 Å². The molecule has 1 aromatic rings. The molecule has 4 nitrogen and oxygen atoms in total. The first-order valence-corrected chi connectivity index (χ1v) is 5.41. The third-order valence-corrected chi connectivity index (χ3v) is 2.05. The second-order valence-electron chi connectivity index (χ2n) is 3.51. The average Bonchev–Trinajstić information content (AvgIpc) is 2.35. The zero-order chi connectivity index (χ0) is 13.8. The van der Waals surface area contributed by atoms with Gasteiger partial charge >= 0.3 is 18.4 Å². The largest absolute Gasteiger partial charge is 0.457 e. The lowest BCUT2D eigenvalue weighted by atomic mass is 10.4. The van der Waals surface area contributed by atoms with Gasteiger partial charge in [-0.2, -0.15) is 18.7 Å². The molecular formula is C10H13F4N3O. The van der Waals surface area contributed by atoms with E-state index in [1.54, 1.807) is 13.8 Å². The van der Waals surface area contributed by atoms with Crippen molar-refractivity contribution in [3.8, 4) is 6.01 Å². The molecule has 0 saturated carbocycles. The molecule has 0 saturated heterocycles. The molecular weight excluding hydrogens is 254 g/mol. The van der Waals surface area contributed by atoms with E-state index in [4.69, 9.17) is 0 Å². The van der Waals surface area contributed by atoms with E-state index in [-0.39, 0.29) is 6.01 Å². The van der Waals surface area contributed by atoms with E-state index >= 15 is 0 Å². The van der Waals surface area contributed by atoms with E-state index in [2.05, 4.69) is 19.7 Å². The van der Waals surface area contributed by atoms with Crippen molar-refractivity contribution in [2.45, 2.75) is 39.0 Å². The molecule has 0 aliphatic rings. The maximum Gasteiger partial charge on any atom is 0.340 e. The minimum atomic E-state index is -4.22. The second-order valence-corrected chi connectivity index (χ2v) is 3.51. The van der Waals surface area contributed by atoms with E-state index in [9.17, 15) is 17.6 Å². The van der Waals surface area contributed by atoms with Crippen molar-refractivity contribution >= 4 is 0 Å². The molecule has 1 heterocycles. The molecule has 0 N–H and O–H groups in total. The topological polar surface area (TPSA) is 47.9 Å². The van der Waals surface area contributed by atoms with E-state index in [0.717, 1.165) is 0 Å². The van der Waals surface area contributed by atoms with Crippen LogP contribution in [0.5, 0.6) is 6.01 Å². The SMILES string of the molecule is CCc1nc(CC)nc(OCC(F)(F)C(F)F)n1. The Balaban J connectivity index is 2.78. The Bertz CT molecular complexity index is 378. The van der Waals surface area contributed by atoms with Crippen LogP contribution in [-0.2, 0) is 12.8 Å². The summed E-state index contributed by atoms with van der Waals surface area (Å²) >= 11 is 0. The average molecular weight is 267 g/mol. The van der Waals surface area contributed by atoms with Crippen LogP contribution < -0.4 is 4.74 Å². The van der Waals surface area contributed by atoms with Crippen molar-refractivity contribution in [3.63, 3.8) is 0 Å². The lowest BCUT2D eigenvalue weighted by Crippen LogP contribution is -2.34. The van der Waals surface area contributed by atoms with Crippen molar-refractivity contribution in [3.05, 3.63) is 11.6 Å². The van der Waals surface area contributed by atoms with Crippen molar-refractivity contribution < 1.29 is 22.3 Å². The van der Waals surface area contributed by atoms with Crippen LogP contribution in [0, 0.1) is 0 Å². The van der Waals surface area contributed by atoms with Gasteiger partial charge in [-0.3, -0.25) is 0 Å². The maximum absolute atomic E-state index is 12.7. The minimum Gasteiger partial charge on any atom is -0.457 e. The zero-order valence-corrected chi connectivity index (χ0v) is 9.96. The lowest BCUT2D eigenvalue weighted by molar-refractivity contribution is -0.149. The molecule has 0 spiro atoms. The highest BCUT2D eigenvalue weighted by molar-refractivity contribution is 5.02. The molecule has 0 fully saturated rings. The van der Waals surface area contributed by atoms with Crippen LogP contribution in [0.2, 0.25) is 0 Å². The van der Waals surface area contributed by atoms with Crippen LogP contribution in [0.1, 0.15) is 25.5 Å². The Morgan fingerprint density at radius 3 is 1.94 bits per heavy atom. The number of rotatable bonds is 6. The number of alkyl halides is 4. The van der Waals surface area contributed by atoms with Crippen molar-refractivity contribution in [1.82, 2.24) is 15.0 Å². The summed E-state index contributed by atoms with van der Waals surface area (Å²) in [4.78, 5) is 11.5. The summed E-state index contributed by atoms with van der Waals surface area (Å²) in [5.41, 5.74) is 0. The summed E-state index contributed by atoms with van der Waals surface area (Å²) in [5, 5.41) is 0. The maximum atomic E-state index is 12.7. The number of halogens is 4. The molecule has 1 rings (SSSR count). The molecule has 0 aromatic carbocycles. The highest BCUT2D eigenvalue weighted by atomic mass is 19.3. The summed E-state index contributed by atoms with van der Waals surface area (Å²) < 4.78 is 53.7. The Hall–Kier alpha value is -1.47. The number of nitrogens with zero attached hydrogens (tertiary/aromatic N) is 3. The van der Waals surface area contributed by atoms with Crippen LogP contribution in [-0.4, -0.2) is 33.9 Å². The summed E-state index contributed by atoms with van der Waals surface area (Å²) in [6, 6.07) is -0.348. The normalized spacial score (nSPS) is 11.9. The zero-order valence-electron chi connectivity index (χ0n) is 9.96. The smallest absolute Gasteiger partial charge is 0.340 e.